The molecule has 1 N–H and O–H groups in total. The lowest BCUT2D eigenvalue weighted by Gasteiger charge is -2.07. The molecule has 1 aromatic carbocycles. The lowest BCUT2D eigenvalue weighted by Crippen LogP contribution is -2.05. The van der Waals surface area contributed by atoms with Crippen LogP contribution in [0.2, 0.25) is 0 Å². The molecule has 6 heteroatoms. The highest BCUT2D eigenvalue weighted by molar-refractivity contribution is 6.06. The zero-order chi connectivity index (χ0) is 13.5. The Kier molecular flexibility index (Phi) is 2.80. The minimum Gasteiger partial charge on any atom is -0.465 e. The number of esters is 1. The lowest BCUT2D eigenvalue weighted by molar-refractivity contribution is -0.136. The smallest absolute Gasteiger partial charge is 0.418 e. The Balaban J connectivity index is 2.79. The fraction of sp³-hybridized carbons (Fsp3) is 0.250. The fourth-order valence-electron chi connectivity index (χ4n) is 1.95. The number of para-hydroxylation sites is 1. The number of aryl methyl sites for hydroxylation is 1. The van der Waals surface area contributed by atoms with E-state index in [1.54, 1.807) is 0 Å². The Morgan fingerprint density at radius 3 is 2.56 bits per heavy atom. The first-order chi connectivity index (χ1) is 8.36. The number of carbonyl (C=O) groups excluding carboxylic acids is 1. The SMILES string of the molecule is COC(=O)c1c(C)[nH]c2c(C(F)(F)F)cccc12. The summed E-state index contributed by atoms with van der Waals surface area (Å²) in [5.74, 6) is -0.655. The van der Waals surface area contributed by atoms with Crippen molar-refractivity contribution in [3.63, 3.8) is 0 Å². The van der Waals surface area contributed by atoms with Crippen molar-refractivity contribution >= 4 is 16.9 Å². The lowest BCUT2D eigenvalue weighted by atomic mass is 10.1. The van der Waals surface area contributed by atoms with Gasteiger partial charge in [0.1, 0.15) is 0 Å². The van der Waals surface area contributed by atoms with Gasteiger partial charge in [-0.1, -0.05) is 12.1 Å². The van der Waals surface area contributed by atoms with Gasteiger partial charge >= 0.3 is 12.1 Å². The van der Waals surface area contributed by atoms with E-state index in [0.29, 0.717) is 5.69 Å². The molecular formula is C12H10F3NO2. The summed E-state index contributed by atoms with van der Waals surface area (Å²) in [6, 6.07) is 3.70. The van der Waals surface area contributed by atoms with E-state index >= 15 is 0 Å². The maximum absolute atomic E-state index is 12.8. The van der Waals surface area contributed by atoms with Crippen molar-refractivity contribution in [1.29, 1.82) is 0 Å². The highest BCUT2D eigenvalue weighted by Crippen LogP contribution is 2.36. The summed E-state index contributed by atoms with van der Waals surface area (Å²) in [5, 5.41) is 0.217. The molecule has 0 radical (unpaired) electrons. The Labute approximate surface area is 101 Å². The second kappa shape index (κ2) is 4.04. The molecule has 0 saturated heterocycles. The maximum Gasteiger partial charge on any atom is 0.418 e. The minimum absolute atomic E-state index is 0.0945. The van der Waals surface area contributed by atoms with Crippen molar-refractivity contribution in [2.45, 2.75) is 13.1 Å². The molecule has 0 aliphatic heterocycles. The van der Waals surface area contributed by atoms with Crippen molar-refractivity contribution in [3.05, 3.63) is 35.0 Å². The molecule has 0 saturated carbocycles. The predicted molar refractivity (Wildman–Crippen MR) is 59.4 cm³/mol. The Hall–Kier alpha value is -1.98. The van der Waals surface area contributed by atoms with Gasteiger partial charge in [0.05, 0.1) is 23.8 Å². The minimum atomic E-state index is -4.47. The van der Waals surface area contributed by atoms with Gasteiger partial charge < -0.3 is 9.72 Å². The number of nitrogens with one attached hydrogen (secondary N) is 1. The standard InChI is InChI=1S/C12H10F3NO2/c1-6-9(11(17)18-2)7-4-3-5-8(10(7)16-6)12(13,14)15/h3-5,16H,1-2H3. The van der Waals surface area contributed by atoms with Gasteiger partial charge in [0, 0.05) is 11.1 Å². The summed E-state index contributed by atoms with van der Waals surface area (Å²) in [4.78, 5) is 14.1. The third-order valence-corrected chi connectivity index (χ3v) is 2.72. The van der Waals surface area contributed by atoms with Crippen LogP contribution in [-0.4, -0.2) is 18.1 Å². The molecule has 18 heavy (non-hydrogen) atoms. The van der Waals surface area contributed by atoms with Gasteiger partial charge in [-0.05, 0) is 13.0 Å². The number of hydrogen-bond acceptors (Lipinski definition) is 2. The Bertz CT molecular complexity index is 614. The first-order valence-electron chi connectivity index (χ1n) is 5.13. The van der Waals surface area contributed by atoms with E-state index in [4.69, 9.17) is 0 Å². The predicted octanol–water partition coefficient (Wildman–Crippen LogP) is 3.28. The Morgan fingerprint density at radius 2 is 2.00 bits per heavy atom. The number of alkyl halides is 3. The van der Waals surface area contributed by atoms with Crippen molar-refractivity contribution in [2.24, 2.45) is 0 Å². The molecule has 3 nitrogen and oxygen atoms in total. The number of aromatic nitrogens is 1. The van der Waals surface area contributed by atoms with Crippen LogP contribution in [0.1, 0.15) is 21.6 Å². The second-order valence-electron chi connectivity index (χ2n) is 3.84. The van der Waals surface area contributed by atoms with Gasteiger partial charge in [0.25, 0.3) is 0 Å². The largest absolute Gasteiger partial charge is 0.465 e. The number of rotatable bonds is 1. The van der Waals surface area contributed by atoms with Crippen molar-refractivity contribution in [1.82, 2.24) is 4.98 Å². The fourth-order valence-corrected chi connectivity index (χ4v) is 1.95. The summed E-state index contributed by atoms with van der Waals surface area (Å²) in [7, 11) is 1.19. The molecule has 0 spiro atoms. The van der Waals surface area contributed by atoms with Crippen LogP contribution in [0.4, 0.5) is 13.2 Å². The molecule has 1 aromatic heterocycles. The molecule has 0 fully saturated rings. The van der Waals surface area contributed by atoms with Crippen LogP contribution in [0.25, 0.3) is 10.9 Å². The molecule has 0 amide bonds. The highest BCUT2D eigenvalue weighted by Gasteiger charge is 2.34. The van der Waals surface area contributed by atoms with E-state index in [1.807, 2.05) is 0 Å². The quantitative estimate of drug-likeness (QED) is 0.796. The van der Waals surface area contributed by atoms with Crippen LogP contribution in [0.15, 0.2) is 18.2 Å². The normalized spacial score (nSPS) is 11.8. The van der Waals surface area contributed by atoms with Crippen LogP contribution in [0.5, 0.6) is 0 Å². The number of aromatic amines is 1. The third kappa shape index (κ3) is 1.83. The zero-order valence-corrected chi connectivity index (χ0v) is 9.68. The summed E-state index contributed by atoms with van der Waals surface area (Å²) in [6.45, 7) is 1.53. The van der Waals surface area contributed by atoms with E-state index in [9.17, 15) is 18.0 Å². The number of fused-ring (bicyclic) bond motifs is 1. The van der Waals surface area contributed by atoms with Crippen LogP contribution < -0.4 is 0 Å². The molecule has 0 atom stereocenters. The molecule has 0 unspecified atom stereocenters. The van der Waals surface area contributed by atoms with Gasteiger partial charge in [-0.25, -0.2) is 4.79 Å². The van der Waals surface area contributed by atoms with Crippen LogP contribution in [-0.2, 0) is 10.9 Å². The van der Waals surface area contributed by atoms with Gasteiger partial charge in [0.2, 0.25) is 0 Å². The van der Waals surface area contributed by atoms with Crippen molar-refractivity contribution in [3.8, 4) is 0 Å². The number of carbonyl (C=O) groups is 1. The molecule has 1 heterocycles. The van der Waals surface area contributed by atoms with Crippen molar-refractivity contribution in [2.75, 3.05) is 7.11 Å². The summed E-state index contributed by atoms with van der Waals surface area (Å²) in [5.41, 5.74) is -0.395. The van der Waals surface area contributed by atoms with Crippen LogP contribution >= 0.6 is 0 Å². The molecule has 0 aliphatic rings. The van der Waals surface area contributed by atoms with Gasteiger partial charge in [0.15, 0.2) is 0 Å². The Morgan fingerprint density at radius 1 is 1.33 bits per heavy atom. The second-order valence-corrected chi connectivity index (χ2v) is 3.84. The third-order valence-electron chi connectivity index (χ3n) is 2.72. The number of halogens is 3. The van der Waals surface area contributed by atoms with Crippen LogP contribution in [0, 0.1) is 6.92 Å². The topological polar surface area (TPSA) is 42.1 Å². The molecular weight excluding hydrogens is 247 g/mol. The average molecular weight is 257 g/mol. The number of ether oxygens (including phenoxy) is 1. The molecule has 0 aliphatic carbocycles. The summed E-state index contributed by atoms with van der Waals surface area (Å²) < 4.78 is 43.0. The zero-order valence-electron chi connectivity index (χ0n) is 9.68. The number of benzene rings is 1. The van der Waals surface area contributed by atoms with E-state index < -0.39 is 17.7 Å². The molecule has 2 rings (SSSR count). The van der Waals surface area contributed by atoms with E-state index in [0.717, 1.165) is 6.07 Å². The van der Waals surface area contributed by atoms with E-state index in [1.165, 1.54) is 26.2 Å². The molecule has 96 valence electrons. The number of hydrogen-bond donors (Lipinski definition) is 1. The summed E-state index contributed by atoms with van der Waals surface area (Å²) >= 11 is 0. The highest BCUT2D eigenvalue weighted by atomic mass is 19.4. The maximum atomic E-state index is 12.8. The van der Waals surface area contributed by atoms with Crippen LogP contribution in [0.3, 0.4) is 0 Å². The molecule has 2 aromatic rings. The average Bonchev–Trinajstić information content (AvgIpc) is 2.62. The van der Waals surface area contributed by atoms with Gasteiger partial charge in [-0.2, -0.15) is 13.2 Å². The van der Waals surface area contributed by atoms with E-state index in [-0.39, 0.29) is 16.5 Å². The molecule has 0 bridgehead atoms. The first kappa shape index (κ1) is 12.5. The first-order valence-corrected chi connectivity index (χ1v) is 5.13. The summed E-state index contributed by atoms with van der Waals surface area (Å²) in [6.07, 6.45) is -4.47. The monoisotopic (exact) mass is 257 g/mol. The van der Waals surface area contributed by atoms with Gasteiger partial charge in [-0.3, -0.25) is 0 Å². The van der Waals surface area contributed by atoms with E-state index in [2.05, 4.69) is 9.72 Å². The van der Waals surface area contributed by atoms with Gasteiger partial charge in [-0.15, -0.1) is 0 Å². The number of H-pyrrole nitrogens is 1. The van der Waals surface area contributed by atoms with Crippen molar-refractivity contribution < 1.29 is 22.7 Å². The number of methoxy groups -OCH3 is 1.